The standard InChI is InChI=1S/C9H14O7/c1-2-3-4-5(10)9(16,8(14)15)6(11)7(12)13/h6,11,16H,2-4H2,1H3,(H,12,13)(H,14,15). The number of unbranched alkanes of at least 4 members (excludes halogenated alkanes) is 1. The third kappa shape index (κ3) is 2.77. The first-order valence-electron chi connectivity index (χ1n) is 4.68. The number of hydrogen-bond donors (Lipinski definition) is 4. The molecule has 2 atom stereocenters. The Kier molecular flexibility index (Phi) is 5.06. The summed E-state index contributed by atoms with van der Waals surface area (Å²) in [6.07, 6.45) is -2.09. The second-order valence-electron chi connectivity index (χ2n) is 3.34. The van der Waals surface area contributed by atoms with Gasteiger partial charge in [0, 0.05) is 6.42 Å². The van der Waals surface area contributed by atoms with Crippen LogP contribution in [0.3, 0.4) is 0 Å². The smallest absolute Gasteiger partial charge is 0.347 e. The summed E-state index contributed by atoms with van der Waals surface area (Å²) in [5.74, 6) is -5.24. The highest BCUT2D eigenvalue weighted by Gasteiger charge is 2.53. The molecule has 0 rings (SSSR count). The highest BCUT2D eigenvalue weighted by molar-refractivity contribution is 6.10. The molecular formula is C9H14O7. The van der Waals surface area contributed by atoms with E-state index in [1.54, 1.807) is 6.92 Å². The Labute approximate surface area is 91.3 Å². The molecule has 7 heteroatoms. The zero-order chi connectivity index (χ0) is 12.9. The van der Waals surface area contributed by atoms with E-state index in [4.69, 9.17) is 15.3 Å². The maximum absolute atomic E-state index is 11.4. The van der Waals surface area contributed by atoms with Gasteiger partial charge in [-0.25, -0.2) is 9.59 Å². The van der Waals surface area contributed by atoms with Crippen LogP contribution in [0.15, 0.2) is 0 Å². The van der Waals surface area contributed by atoms with Gasteiger partial charge < -0.3 is 20.4 Å². The topological polar surface area (TPSA) is 132 Å². The average molecular weight is 234 g/mol. The number of rotatable bonds is 7. The number of carboxylic acid groups (broad SMARTS) is 2. The van der Waals surface area contributed by atoms with Crippen LogP contribution in [-0.2, 0) is 14.4 Å². The number of aliphatic carboxylic acids is 2. The van der Waals surface area contributed by atoms with Gasteiger partial charge in [-0.15, -0.1) is 0 Å². The Balaban J connectivity index is 5.03. The predicted molar refractivity (Wildman–Crippen MR) is 50.8 cm³/mol. The van der Waals surface area contributed by atoms with Crippen LogP contribution >= 0.6 is 0 Å². The Hall–Kier alpha value is -1.47. The molecule has 0 radical (unpaired) electrons. The van der Waals surface area contributed by atoms with Crippen LogP contribution in [-0.4, -0.2) is 49.9 Å². The number of Topliss-reactive ketones (excluding diaryl/α,β-unsaturated/α-hetero) is 1. The average Bonchev–Trinajstić information content (AvgIpc) is 2.22. The van der Waals surface area contributed by atoms with Gasteiger partial charge in [0.1, 0.15) is 0 Å². The summed E-state index contributed by atoms with van der Waals surface area (Å²) in [5.41, 5.74) is -3.28. The molecule has 0 aromatic carbocycles. The second-order valence-corrected chi connectivity index (χ2v) is 3.34. The van der Waals surface area contributed by atoms with Crippen molar-refractivity contribution in [2.24, 2.45) is 0 Å². The van der Waals surface area contributed by atoms with Crippen LogP contribution < -0.4 is 0 Å². The van der Waals surface area contributed by atoms with E-state index in [0.717, 1.165) is 0 Å². The van der Waals surface area contributed by atoms with E-state index in [1.807, 2.05) is 0 Å². The van der Waals surface area contributed by atoms with Crippen molar-refractivity contribution in [2.45, 2.75) is 37.9 Å². The first-order chi connectivity index (χ1) is 7.28. The summed E-state index contributed by atoms with van der Waals surface area (Å²) in [6, 6.07) is 0. The SMILES string of the molecule is CCCCC(=O)C(O)(C(=O)O)C(O)C(=O)O. The molecule has 0 bridgehead atoms. The number of aliphatic hydroxyl groups is 2. The number of ketones is 1. The molecule has 92 valence electrons. The largest absolute Gasteiger partial charge is 0.479 e. The fraction of sp³-hybridized carbons (Fsp3) is 0.667. The van der Waals surface area contributed by atoms with E-state index in [1.165, 1.54) is 0 Å². The number of carbonyl (C=O) groups is 3. The van der Waals surface area contributed by atoms with Gasteiger partial charge in [-0.2, -0.15) is 0 Å². The van der Waals surface area contributed by atoms with Crippen LogP contribution in [0.2, 0.25) is 0 Å². The molecular weight excluding hydrogens is 220 g/mol. The van der Waals surface area contributed by atoms with Crippen molar-refractivity contribution in [3.8, 4) is 0 Å². The van der Waals surface area contributed by atoms with Gasteiger partial charge in [-0.1, -0.05) is 13.3 Å². The van der Waals surface area contributed by atoms with E-state index < -0.39 is 29.4 Å². The molecule has 0 saturated heterocycles. The molecule has 0 aliphatic rings. The summed E-state index contributed by atoms with van der Waals surface area (Å²) < 4.78 is 0. The van der Waals surface area contributed by atoms with Crippen molar-refractivity contribution in [3.63, 3.8) is 0 Å². The third-order valence-corrected chi connectivity index (χ3v) is 2.14. The Morgan fingerprint density at radius 3 is 2.06 bits per heavy atom. The molecule has 16 heavy (non-hydrogen) atoms. The van der Waals surface area contributed by atoms with Gasteiger partial charge in [0.05, 0.1) is 0 Å². The summed E-state index contributed by atoms with van der Waals surface area (Å²) in [6.45, 7) is 1.74. The highest BCUT2D eigenvalue weighted by Crippen LogP contribution is 2.17. The lowest BCUT2D eigenvalue weighted by Gasteiger charge is -2.24. The van der Waals surface area contributed by atoms with E-state index >= 15 is 0 Å². The van der Waals surface area contributed by atoms with Crippen molar-refractivity contribution < 1.29 is 34.8 Å². The molecule has 0 fully saturated rings. The number of carboxylic acids is 2. The molecule has 0 aromatic heterocycles. The van der Waals surface area contributed by atoms with Crippen molar-refractivity contribution >= 4 is 17.7 Å². The van der Waals surface area contributed by atoms with E-state index in [0.29, 0.717) is 12.8 Å². The molecule has 0 aliphatic carbocycles. The zero-order valence-electron chi connectivity index (χ0n) is 8.71. The van der Waals surface area contributed by atoms with Gasteiger partial charge >= 0.3 is 11.9 Å². The monoisotopic (exact) mass is 234 g/mol. The first kappa shape index (κ1) is 14.5. The van der Waals surface area contributed by atoms with E-state index in [9.17, 15) is 19.5 Å². The van der Waals surface area contributed by atoms with Crippen molar-refractivity contribution in [1.82, 2.24) is 0 Å². The zero-order valence-corrected chi connectivity index (χ0v) is 8.71. The fourth-order valence-corrected chi connectivity index (χ4v) is 1.10. The molecule has 0 heterocycles. The molecule has 7 nitrogen and oxygen atoms in total. The van der Waals surface area contributed by atoms with Gasteiger partial charge in [-0.3, -0.25) is 4.79 Å². The summed E-state index contributed by atoms with van der Waals surface area (Å²) >= 11 is 0. The lowest BCUT2D eigenvalue weighted by molar-refractivity contribution is -0.186. The first-order valence-corrected chi connectivity index (χ1v) is 4.68. The molecule has 4 N–H and O–H groups in total. The minimum absolute atomic E-state index is 0.302. The molecule has 0 amide bonds. The minimum atomic E-state index is -3.28. The number of carbonyl (C=O) groups excluding carboxylic acids is 1. The lowest BCUT2D eigenvalue weighted by Crippen LogP contribution is -2.58. The van der Waals surface area contributed by atoms with Crippen molar-refractivity contribution in [1.29, 1.82) is 0 Å². The van der Waals surface area contributed by atoms with Crippen LogP contribution in [0.1, 0.15) is 26.2 Å². The Morgan fingerprint density at radius 1 is 1.25 bits per heavy atom. The number of hydrogen-bond acceptors (Lipinski definition) is 5. The molecule has 0 aliphatic heterocycles. The highest BCUT2D eigenvalue weighted by atomic mass is 16.4. The minimum Gasteiger partial charge on any atom is -0.479 e. The summed E-state index contributed by atoms with van der Waals surface area (Å²) in [5, 5.41) is 35.5. The maximum atomic E-state index is 11.4. The van der Waals surface area contributed by atoms with E-state index in [-0.39, 0.29) is 6.42 Å². The molecule has 0 spiro atoms. The molecule has 0 aromatic rings. The quantitative estimate of drug-likeness (QED) is 0.415. The predicted octanol–water partition coefficient (Wildman–Crippen LogP) is -0.993. The lowest BCUT2D eigenvalue weighted by atomic mass is 9.89. The van der Waals surface area contributed by atoms with Crippen molar-refractivity contribution in [3.05, 3.63) is 0 Å². The summed E-state index contributed by atoms with van der Waals surface area (Å²) in [4.78, 5) is 32.4. The van der Waals surface area contributed by atoms with E-state index in [2.05, 4.69) is 0 Å². The van der Waals surface area contributed by atoms with Crippen LogP contribution in [0.5, 0.6) is 0 Å². The van der Waals surface area contributed by atoms with Gasteiger partial charge in [0.25, 0.3) is 5.60 Å². The van der Waals surface area contributed by atoms with Crippen molar-refractivity contribution in [2.75, 3.05) is 0 Å². The van der Waals surface area contributed by atoms with Gasteiger partial charge in [-0.05, 0) is 6.42 Å². The Morgan fingerprint density at radius 2 is 1.75 bits per heavy atom. The molecule has 0 saturated carbocycles. The number of aliphatic hydroxyl groups excluding tert-OH is 1. The summed E-state index contributed by atoms with van der Waals surface area (Å²) in [7, 11) is 0. The maximum Gasteiger partial charge on any atom is 0.347 e. The Bertz CT molecular complexity index is 298. The normalized spacial score (nSPS) is 16.2. The van der Waals surface area contributed by atoms with Crippen LogP contribution in [0, 0.1) is 0 Å². The van der Waals surface area contributed by atoms with Crippen LogP contribution in [0.4, 0.5) is 0 Å². The molecule has 2 unspecified atom stereocenters. The second kappa shape index (κ2) is 5.57. The van der Waals surface area contributed by atoms with Gasteiger partial charge in [0.2, 0.25) is 0 Å². The third-order valence-electron chi connectivity index (χ3n) is 2.14. The van der Waals surface area contributed by atoms with Crippen LogP contribution in [0.25, 0.3) is 0 Å². The fourth-order valence-electron chi connectivity index (χ4n) is 1.10. The van der Waals surface area contributed by atoms with Gasteiger partial charge in [0.15, 0.2) is 11.9 Å².